The average Bonchev–Trinajstić information content (AvgIpc) is 2.34. The van der Waals surface area contributed by atoms with Crippen LogP contribution in [-0.4, -0.2) is 11.5 Å². The molecule has 0 aliphatic rings. The van der Waals surface area contributed by atoms with Gasteiger partial charge in [0.15, 0.2) is 0 Å². The molecule has 5 heteroatoms. The topological polar surface area (TPSA) is 24.9 Å². The first kappa shape index (κ1) is 14.0. The highest BCUT2D eigenvalue weighted by Gasteiger charge is 2.06. The second-order valence-corrected chi connectivity index (χ2v) is 6.37. The van der Waals surface area contributed by atoms with Gasteiger partial charge in [0.25, 0.3) is 0 Å². The maximum absolute atomic E-state index is 4.30. The van der Waals surface area contributed by atoms with Gasteiger partial charge in [-0.05, 0) is 56.1 Å². The van der Waals surface area contributed by atoms with E-state index in [1.54, 1.807) is 0 Å². The van der Waals surface area contributed by atoms with Crippen LogP contribution in [0.15, 0.2) is 49.9 Å². The molecule has 0 spiro atoms. The standard InChI is InChI=1S/C13H11Br3N2/c14-9-7-11(15)13(12(16)8-9)18-6-4-10-3-1-2-5-17-10/h1-3,5,7-8,18H,4,6H2. The Labute approximate surface area is 132 Å². The lowest BCUT2D eigenvalue weighted by Gasteiger charge is -2.11. The molecule has 1 aromatic heterocycles. The lowest BCUT2D eigenvalue weighted by atomic mass is 10.2. The molecular weight excluding hydrogens is 424 g/mol. The van der Waals surface area contributed by atoms with Crippen molar-refractivity contribution in [3.63, 3.8) is 0 Å². The summed E-state index contributed by atoms with van der Waals surface area (Å²) in [5.41, 5.74) is 2.16. The largest absolute Gasteiger partial charge is 0.383 e. The van der Waals surface area contributed by atoms with Crippen molar-refractivity contribution in [2.45, 2.75) is 6.42 Å². The van der Waals surface area contributed by atoms with Gasteiger partial charge in [0.05, 0.1) is 5.69 Å². The second kappa shape index (κ2) is 6.68. The first-order valence-corrected chi connectivity index (χ1v) is 7.83. The monoisotopic (exact) mass is 432 g/mol. The molecule has 0 amide bonds. The number of aromatic nitrogens is 1. The van der Waals surface area contributed by atoms with E-state index < -0.39 is 0 Å². The third-order valence-electron chi connectivity index (χ3n) is 2.42. The number of benzene rings is 1. The van der Waals surface area contributed by atoms with Crippen LogP contribution in [0.3, 0.4) is 0 Å². The maximum atomic E-state index is 4.30. The Morgan fingerprint density at radius 2 is 1.78 bits per heavy atom. The Morgan fingerprint density at radius 3 is 2.39 bits per heavy atom. The van der Waals surface area contributed by atoms with E-state index in [4.69, 9.17) is 0 Å². The van der Waals surface area contributed by atoms with E-state index in [1.807, 2.05) is 36.5 Å². The summed E-state index contributed by atoms with van der Waals surface area (Å²) in [6.07, 6.45) is 2.72. The fourth-order valence-electron chi connectivity index (χ4n) is 1.57. The van der Waals surface area contributed by atoms with Crippen LogP contribution in [-0.2, 0) is 6.42 Å². The minimum Gasteiger partial charge on any atom is -0.383 e. The van der Waals surface area contributed by atoms with Gasteiger partial charge in [-0.1, -0.05) is 22.0 Å². The van der Waals surface area contributed by atoms with Crippen LogP contribution in [0.1, 0.15) is 5.69 Å². The van der Waals surface area contributed by atoms with Crippen molar-refractivity contribution in [3.05, 3.63) is 55.6 Å². The summed E-state index contributed by atoms with van der Waals surface area (Å²) in [4.78, 5) is 4.30. The molecule has 18 heavy (non-hydrogen) atoms. The highest BCUT2D eigenvalue weighted by molar-refractivity contribution is 9.11. The van der Waals surface area contributed by atoms with E-state index in [2.05, 4.69) is 58.1 Å². The summed E-state index contributed by atoms with van der Waals surface area (Å²) >= 11 is 10.5. The third kappa shape index (κ3) is 3.80. The van der Waals surface area contributed by atoms with Crippen LogP contribution >= 0.6 is 47.8 Å². The summed E-state index contributed by atoms with van der Waals surface area (Å²) in [7, 11) is 0. The molecule has 0 aliphatic heterocycles. The van der Waals surface area contributed by atoms with Gasteiger partial charge in [-0.3, -0.25) is 4.98 Å². The average molecular weight is 435 g/mol. The van der Waals surface area contributed by atoms with Gasteiger partial charge in [0.1, 0.15) is 0 Å². The first-order valence-electron chi connectivity index (χ1n) is 5.45. The summed E-state index contributed by atoms with van der Waals surface area (Å²) < 4.78 is 3.10. The number of nitrogens with one attached hydrogen (secondary N) is 1. The molecule has 0 unspecified atom stereocenters. The van der Waals surface area contributed by atoms with E-state index in [1.165, 1.54) is 0 Å². The number of halogens is 3. The molecule has 0 saturated heterocycles. The van der Waals surface area contributed by atoms with Gasteiger partial charge < -0.3 is 5.32 Å². The highest BCUT2D eigenvalue weighted by Crippen LogP contribution is 2.34. The molecule has 2 rings (SSSR count). The Bertz CT molecular complexity index is 506. The van der Waals surface area contributed by atoms with E-state index in [0.717, 1.165) is 37.8 Å². The van der Waals surface area contributed by atoms with E-state index in [0.29, 0.717) is 0 Å². The summed E-state index contributed by atoms with van der Waals surface area (Å²) in [5.74, 6) is 0. The van der Waals surface area contributed by atoms with Crippen molar-refractivity contribution in [2.75, 3.05) is 11.9 Å². The lowest BCUT2D eigenvalue weighted by Crippen LogP contribution is -2.06. The number of hydrogen-bond acceptors (Lipinski definition) is 2. The van der Waals surface area contributed by atoms with E-state index in [9.17, 15) is 0 Å². The smallest absolute Gasteiger partial charge is 0.0629 e. The molecule has 0 saturated carbocycles. The Balaban J connectivity index is 1.99. The van der Waals surface area contributed by atoms with Crippen LogP contribution in [0.25, 0.3) is 0 Å². The van der Waals surface area contributed by atoms with Crippen molar-refractivity contribution in [1.29, 1.82) is 0 Å². The van der Waals surface area contributed by atoms with E-state index in [-0.39, 0.29) is 0 Å². The molecule has 1 N–H and O–H groups in total. The fraction of sp³-hybridized carbons (Fsp3) is 0.154. The van der Waals surface area contributed by atoms with Gasteiger partial charge in [0.2, 0.25) is 0 Å². The summed E-state index contributed by atoms with van der Waals surface area (Å²) in [5, 5.41) is 3.40. The van der Waals surface area contributed by atoms with Crippen LogP contribution in [0.4, 0.5) is 5.69 Å². The number of pyridine rings is 1. The molecular formula is C13H11Br3N2. The molecule has 1 heterocycles. The van der Waals surface area contributed by atoms with E-state index >= 15 is 0 Å². The summed E-state index contributed by atoms with van der Waals surface area (Å²) in [6.45, 7) is 0.843. The van der Waals surface area contributed by atoms with Crippen LogP contribution in [0.5, 0.6) is 0 Å². The predicted octanol–water partition coefficient (Wildman–Crippen LogP) is 5.02. The Kier molecular flexibility index (Phi) is 5.21. The third-order valence-corrected chi connectivity index (χ3v) is 4.12. The number of anilines is 1. The number of hydrogen-bond donors (Lipinski definition) is 1. The maximum Gasteiger partial charge on any atom is 0.0629 e. The van der Waals surface area contributed by atoms with Crippen molar-refractivity contribution in [1.82, 2.24) is 4.98 Å². The fourth-order valence-corrected chi connectivity index (χ4v) is 4.11. The predicted molar refractivity (Wildman–Crippen MR) is 86.0 cm³/mol. The molecule has 0 atom stereocenters. The molecule has 0 fully saturated rings. The molecule has 1 aromatic carbocycles. The zero-order valence-corrected chi connectivity index (χ0v) is 14.2. The Hall–Kier alpha value is -0.390. The molecule has 2 nitrogen and oxygen atoms in total. The zero-order valence-electron chi connectivity index (χ0n) is 9.46. The minimum absolute atomic E-state index is 0.843. The minimum atomic E-state index is 0.843. The van der Waals surface area contributed by atoms with Gasteiger partial charge in [-0.15, -0.1) is 0 Å². The quantitative estimate of drug-likeness (QED) is 0.730. The molecule has 2 aromatic rings. The summed E-state index contributed by atoms with van der Waals surface area (Å²) in [6, 6.07) is 10.0. The van der Waals surface area contributed by atoms with Gasteiger partial charge in [-0.25, -0.2) is 0 Å². The number of nitrogens with zero attached hydrogens (tertiary/aromatic N) is 1. The van der Waals surface area contributed by atoms with Crippen molar-refractivity contribution in [3.8, 4) is 0 Å². The molecule has 0 aliphatic carbocycles. The normalized spacial score (nSPS) is 10.4. The van der Waals surface area contributed by atoms with Gasteiger partial charge in [0, 0.05) is 38.3 Å². The highest BCUT2D eigenvalue weighted by atomic mass is 79.9. The number of rotatable bonds is 4. The van der Waals surface area contributed by atoms with Crippen molar-refractivity contribution >= 4 is 53.5 Å². The molecule has 0 radical (unpaired) electrons. The van der Waals surface area contributed by atoms with Gasteiger partial charge >= 0.3 is 0 Å². The van der Waals surface area contributed by atoms with Crippen LogP contribution < -0.4 is 5.32 Å². The van der Waals surface area contributed by atoms with Crippen molar-refractivity contribution < 1.29 is 0 Å². The van der Waals surface area contributed by atoms with Crippen LogP contribution in [0.2, 0.25) is 0 Å². The molecule has 94 valence electrons. The van der Waals surface area contributed by atoms with Crippen molar-refractivity contribution in [2.24, 2.45) is 0 Å². The lowest BCUT2D eigenvalue weighted by molar-refractivity contribution is 0.960. The SMILES string of the molecule is Brc1cc(Br)c(NCCc2ccccn2)c(Br)c1. The van der Waals surface area contributed by atoms with Crippen LogP contribution in [0, 0.1) is 0 Å². The molecule has 0 bridgehead atoms. The second-order valence-electron chi connectivity index (χ2n) is 3.74. The first-order chi connectivity index (χ1) is 8.66. The zero-order chi connectivity index (χ0) is 13.0. The van der Waals surface area contributed by atoms with Gasteiger partial charge in [-0.2, -0.15) is 0 Å². The Morgan fingerprint density at radius 1 is 1.06 bits per heavy atom.